The van der Waals surface area contributed by atoms with Gasteiger partial charge in [0, 0.05) is 91.8 Å². The van der Waals surface area contributed by atoms with Gasteiger partial charge in [0.05, 0.1) is 87.9 Å². The van der Waals surface area contributed by atoms with Gasteiger partial charge in [-0.3, -0.25) is 39.1 Å². The molecule has 12 rings (SSSR count). The molecule has 6 aromatic heterocycles. The molecule has 0 aliphatic heterocycles. The highest BCUT2D eigenvalue weighted by Gasteiger charge is 2.28. The molecule has 0 amide bonds. The third-order valence-electron chi connectivity index (χ3n) is 19.9. The highest BCUT2D eigenvalue weighted by atomic mass is 32.1. The molecule has 0 saturated heterocycles. The van der Waals surface area contributed by atoms with Gasteiger partial charge >= 0.3 is 31.3 Å². The summed E-state index contributed by atoms with van der Waals surface area (Å²) in [6.07, 6.45) is 14.5. The number of phosphoric ester groups is 4. The minimum absolute atomic E-state index is 0.0262. The Kier molecular flexibility index (Phi) is 37.0. The number of aromatic nitrogens is 9. The number of nitrogens with zero attached hydrogens (tertiary/aromatic N) is 12. The molecular weight excluding hydrogens is 1780 g/mol. The van der Waals surface area contributed by atoms with Crippen LogP contribution in [0.1, 0.15) is 149 Å². The number of phosphoric acid groups is 4. The highest BCUT2D eigenvalue weighted by Crippen LogP contribution is 2.46. The summed E-state index contributed by atoms with van der Waals surface area (Å²) in [5, 5.41) is 30.3. The fraction of sp³-hybridized carbons (Fsp3) is 0.393. The zero-order valence-electron chi connectivity index (χ0n) is 70.2. The smallest absolute Gasteiger partial charge is 0.508 e. The third kappa shape index (κ3) is 29.5. The number of unbranched alkanes of at least 4 members (excludes halogenated alkanes) is 3. The topological polar surface area (TPSA) is 542 Å². The first-order valence-corrected chi connectivity index (χ1v) is 48.5. The molecule has 0 fully saturated rings. The number of rotatable bonds is 47. The van der Waals surface area contributed by atoms with Gasteiger partial charge in [0.25, 0.3) is 0 Å². The summed E-state index contributed by atoms with van der Waals surface area (Å²) in [6, 6.07) is 29.8. The molecule has 16 N–H and O–H groups in total. The van der Waals surface area contributed by atoms with Crippen molar-refractivity contribution in [2.24, 2.45) is 15.0 Å². The Morgan fingerprint density at radius 2 is 0.685 bits per heavy atom. The van der Waals surface area contributed by atoms with Gasteiger partial charge in [-0.2, -0.15) is 0 Å². The average Bonchev–Trinajstić information content (AvgIpc) is 1.62. The number of imidazole rings is 3. The molecule has 36 nitrogen and oxygen atoms in total. The first-order valence-electron chi connectivity index (χ1n) is 41.1. The Balaban J connectivity index is 0.000000199. The number of fused-ring (bicyclic) bond motifs is 9. The van der Waals surface area contributed by atoms with E-state index in [0.717, 1.165) is 169 Å². The number of hydrogen-bond donors (Lipinski definition) is 13. The number of hydrogen-bond acceptors (Lipinski definition) is 28. The maximum absolute atomic E-state index is 11.8. The molecule has 0 saturated carbocycles. The van der Waals surface area contributed by atoms with Gasteiger partial charge in [-0.15, -0.1) is 0 Å². The van der Waals surface area contributed by atoms with Crippen molar-refractivity contribution in [3.8, 4) is 34.5 Å². The fourth-order valence-corrected chi connectivity index (χ4v) is 16.2. The quantitative estimate of drug-likeness (QED) is 0.00729. The first kappa shape index (κ1) is 99.2. The van der Waals surface area contributed by atoms with E-state index in [9.17, 15) is 67.6 Å². The van der Waals surface area contributed by atoms with Gasteiger partial charge in [-0.25, -0.2) is 63.1 Å². The summed E-state index contributed by atoms with van der Waals surface area (Å²) in [4.78, 5) is 115. The molecule has 0 unspecified atom stereocenters. The molecule has 0 bridgehead atoms. The van der Waals surface area contributed by atoms with E-state index in [1.165, 1.54) is 48.5 Å². The van der Waals surface area contributed by atoms with Crippen LogP contribution in [0.5, 0.6) is 34.5 Å². The number of phenolic OH excluding ortho intramolecular Hbond substituents is 2. The summed E-state index contributed by atoms with van der Waals surface area (Å²) >= 11 is 13.7. The number of aliphatic imine (C=N–C) groups is 3. The normalized spacial score (nSPS) is 11.8. The average molecular weight is 1880 g/mol. The molecule has 43 heteroatoms. The third-order valence-corrected chi connectivity index (χ3v) is 22.1. The van der Waals surface area contributed by atoms with Gasteiger partial charge in [0.2, 0.25) is 0 Å². The molecule has 0 aliphatic carbocycles. The lowest BCUT2D eigenvalue weighted by Gasteiger charge is -2.17. The summed E-state index contributed by atoms with van der Waals surface area (Å²) in [6.45, 7) is 12.1. The Bertz CT molecular complexity index is 6200. The molecule has 0 radical (unpaired) electrons. The first-order chi connectivity index (χ1) is 60.8. The van der Waals surface area contributed by atoms with Crippen molar-refractivity contribution in [3.05, 3.63) is 160 Å². The van der Waals surface area contributed by atoms with E-state index in [1.807, 2.05) is 69.2 Å². The van der Waals surface area contributed by atoms with Gasteiger partial charge < -0.3 is 73.4 Å². The Morgan fingerprint density at radius 1 is 0.370 bits per heavy atom. The monoisotopic (exact) mass is 1880 g/mol. The van der Waals surface area contributed by atoms with Crippen LogP contribution in [-0.2, 0) is 90.6 Å². The van der Waals surface area contributed by atoms with Crippen LogP contribution in [-0.4, -0.2) is 168 Å². The molecule has 0 atom stereocenters. The standard InChI is InChI=1S/C28H35N5O9P2S.2C28H34N5O6PS/c1-2-3-7-25-32-26-27(33(25)17-20-16-21(41-43(34,35)36)9-11-24(20)42-44(37,38)39)22-10-8-19(15-23(22)31-28(26)29)6-4-13-40-14-5-12-30-18-45;1-2-3-7-25-32-26-27(33(25)17-20-16-21(9-11-24(20)34)39-40(35,36)37)22-10-8-19(15-23(22)31-28(26)29)6-4-13-38-14-5-12-30-18-41;1-2-3-7-25-32-26-27(33(25)17-20-16-21(34)9-11-24(20)39-40(35,36)37)22-10-8-19(15-23(22)31-28(26)29)6-4-13-38-14-5-12-30-18-41/h8-11,15-16H,2-7,12-14,17H2,1H3,(H2,29,31)(H2,34,35,36)(H2,37,38,39);2*8-11,15-16,34H,2-7,12-14,17H2,1H3,(H2,29,31)(H2,35,36,37). The van der Waals surface area contributed by atoms with E-state index in [4.69, 9.17) is 64.5 Å². The number of thiocarbonyl (C=S) groups is 3. The number of nitrogens with two attached hydrogens (primary N) is 3. The van der Waals surface area contributed by atoms with Gasteiger partial charge in [0.15, 0.2) is 17.5 Å². The van der Waals surface area contributed by atoms with Gasteiger partial charge in [-0.1, -0.05) is 76.4 Å². The van der Waals surface area contributed by atoms with E-state index in [-0.39, 0.29) is 65.5 Å². The van der Waals surface area contributed by atoms with Crippen LogP contribution in [0.2, 0.25) is 0 Å². The summed E-state index contributed by atoms with van der Waals surface area (Å²) in [5.74, 6) is 2.45. The lowest BCUT2D eigenvalue weighted by atomic mass is 10.1. The lowest BCUT2D eigenvalue weighted by Crippen LogP contribution is -2.08. The molecule has 678 valence electrons. The molecule has 6 heterocycles. The number of aromatic hydroxyl groups is 2. The number of ether oxygens (including phenoxy) is 3. The van der Waals surface area contributed by atoms with Crippen molar-refractivity contribution in [2.75, 3.05) is 76.5 Å². The maximum atomic E-state index is 11.8. The minimum atomic E-state index is -4.98. The zero-order valence-corrected chi connectivity index (χ0v) is 76.2. The van der Waals surface area contributed by atoms with E-state index < -0.39 is 31.3 Å². The van der Waals surface area contributed by atoms with Crippen LogP contribution in [0.3, 0.4) is 0 Å². The van der Waals surface area contributed by atoms with Crippen LogP contribution in [0.15, 0.2) is 124 Å². The Morgan fingerprint density at radius 3 is 1.02 bits per heavy atom. The Hall–Kier alpha value is -9.96. The molecular formula is C84H103N15O21P4S3. The fourth-order valence-electron chi connectivity index (χ4n) is 14.3. The predicted octanol–water partition coefficient (Wildman–Crippen LogP) is 15.3. The van der Waals surface area contributed by atoms with Crippen molar-refractivity contribution in [2.45, 2.75) is 156 Å². The Labute approximate surface area is 747 Å². The van der Waals surface area contributed by atoms with Crippen LogP contribution >= 0.6 is 67.9 Å². The van der Waals surface area contributed by atoms with Gasteiger partial charge in [-0.05, 0) is 203 Å². The number of benzene rings is 6. The second kappa shape index (κ2) is 47.4. The van der Waals surface area contributed by atoms with Crippen molar-refractivity contribution in [3.63, 3.8) is 0 Å². The SMILES string of the molecule is CCCCc1nc2c(N)nc3cc(CCCOCCCN=C=S)ccc3c2n1Cc1cc(O)ccc1OP(=O)(O)O.CCCCc1nc2c(N)nc3cc(CCCOCCCN=C=S)ccc3c2n1Cc1cc(OP(=O)(O)O)ccc1O.CCCCc1nc2c(N)nc3cc(CCCOCCCN=C=S)ccc3c2n1Cc1cc(OP(=O)(O)O)ccc1OP(=O)(O)O. The molecule has 12 aromatic rings. The maximum Gasteiger partial charge on any atom is 0.524 e. The largest absolute Gasteiger partial charge is 0.524 e. The molecule has 0 aliphatic rings. The summed E-state index contributed by atoms with van der Waals surface area (Å²) < 4.78 is 88.5. The molecule has 0 spiro atoms. The van der Waals surface area contributed by atoms with Crippen LogP contribution in [0.4, 0.5) is 17.5 Å². The number of anilines is 3. The summed E-state index contributed by atoms with van der Waals surface area (Å²) in [5.41, 5.74) is 29.4. The number of aryl methyl sites for hydroxylation is 6. The number of nitrogen functional groups attached to an aromatic ring is 3. The lowest BCUT2D eigenvalue weighted by molar-refractivity contribution is 0.131. The van der Waals surface area contributed by atoms with Crippen LogP contribution < -0.4 is 35.3 Å². The molecule has 127 heavy (non-hydrogen) atoms. The second-order valence-corrected chi connectivity index (χ2v) is 34.8. The van der Waals surface area contributed by atoms with Crippen molar-refractivity contribution in [1.82, 2.24) is 43.6 Å². The van der Waals surface area contributed by atoms with E-state index in [2.05, 4.69) is 102 Å². The predicted molar refractivity (Wildman–Crippen MR) is 496 cm³/mol. The van der Waals surface area contributed by atoms with E-state index in [1.54, 1.807) is 0 Å². The number of phenols is 2. The van der Waals surface area contributed by atoms with Gasteiger partial charge in [0.1, 0.15) is 68.5 Å². The number of isothiocyanates is 3. The number of pyridine rings is 3. The summed E-state index contributed by atoms with van der Waals surface area (Å²) in [7, 11) is -19.5. The van der Waals surface area contributed by atoms with Crippen molar-refractivity contribution < 1.29 is 99.9 Å². The van der Waals surface area contributed by atoms with Crippen LogP contribution in [0.25, 0.3) is 65.8 Å². The van der Waals surface area contributed by atoms with E-state index >= 15 is 0 Å². The van der Waals surface area contributed by atoms with Crippen molar-refractivity contribution >= 4 is 167 Å². The minimum Gasteiger partial charge on any atom is -0.508 e. The van der Waals surface area contributed by atoms with E-state index in [0.29, 0.717) is 135 Å². The molecule has 6 aromatic carbocycles. The van der Waals surface area contributed by atoms with Crippen molar-refractivity contribution in [1.29, 1.82) is 0 Å². The second-order valence-electron chi connectivity index (χ2n) is 29.6. The highest BCUT2D eigenvalue weighted by molar-refractivity contribution is 7.78. The zero-order chi connectivity index (χ0) is 91.4. The van der Waals surface area contributed by atoms with Crippen LogP contribution in [0, 0.1) is 0 Å².